The molecule has 100 valence electrons. The van der Waals surface area contributed by atoms with Crippen molar-refractivity contribution in [2.75, 3.05) is 7.11 Å². The molecule has 1 aromatic heterocycles. The number of ether oxygens (including phenoxy) is 1. The number of carboxylic acids is 1. The van der Waals surface area contributed by atoms with E-state index >= 15 is 0 Å². The first-order valence-corrected chi connectivity index (χ1v) is 6.02. The predicted octanol–water partition coefficient (Wildman–Crippen LogP) is 2.41. The van der Waals surface area contributed by atoms with Crippen molar-refractivity contribution in [3.8, 4) is 17.0 Å². The summed E-state index contributed by atoms with van der Waals surface area (Å²) in [4.78, 5) is 10.6. The number of rotatable bonds is 5. The van der Waals surface area contributed by atoms with Gasteiger partial charge in [-0.1, -0.05) is 12.1 Å². The number of nitrogens with one attached hydrogen (secondary N) is 1. The Morgan fingerprint density at radius 3 is 2.84 bits per heavy atom. The summed E-state index contributed by atoms with van der Waals surface area (Å²) >= 11 is 0. The van der Waals surface area contributed by atoms with Crippen LogP contribution in [-0.4, -0.2) is 28.4 Å². The molecule has 0 fully saturated rings. The summed E-state index contributed by atoms with van der Waals surface area (Å²) in [5.74, 6) is -0.0604. The molecule has 0 aliphatic rings. The second kappa shape index (κ2) is 5.56. The first-order valence-electron chi connectivity index (χ1n) is 6.02. The molecule has 0 bridgehead atoms. The third-order valence-corrected chi connectivity index (χ3v) is 3.06. The highest BCUT2D eigenvalue weighted by Crippen LogP contribution is 2.31. The fourth-order valence-corrected chi connectivity index (χ4v) is 2.01. The topological polar surface area (TPSA) is 75.2 Å². The second-order valence-electron chi connectivity index (χ2n) is 4.27. The van der Waals surface area contributed by atoms with Crippen molar-refractivity contribution in [1.29, 1.82) is 0 Å². The van der Waals surface area contributed by atoms with Crippen LogP contribution in [0.25, 0.3) is 11.3 Å². The van der Waals surface area contributed by atoms with Gasteiger partial charge in [-0.15, -0.1) is 0 Å². The second-order valence-corrected chi connectivity index (χ2v) is 4.27. The number of carbonyl (C=O) groups is 1. The Morgan fingerprint density at radius 1 is 1.42 bits per heavy atom. The molecule has 2 rings (SSSR count). The molecule has 2 N–H and O–H groups in total. The molecule has 0 saturated carbocycles. The van der Waals surface area contributed by atoms with Crippen LogP contribution >= 0.6 is 0 Å². The van der Waals surface area contributed by atoms with Gasteiger partial charge in [-0.05, 0) is 31.0 Å². The predicted molar refractivity (Wildman–Crippen MR) is 71.3 cm³/mol. The summed E-state index contributed by atoms with van der Waals surface area (Å²) in [6.45, 7) is 1.93. The zero-order chi connectivity index (χ0) is 13.8. The zero-order valence-corrected chi connectivity index (χ0v) is 10.9. The lowest BCUT2D eigenvalue weighted by molar-refractivity contribution is -0.136. The van der Waals surface area contributed by atoms with Crippen molar-refractivity contribution in [2.45, 2.75) is 19.8 Å². The minimum Gasteiger partial charge on any atom is -0.496 e. The van der Waals surface area contributed by atoms with Gasteiger partial charge in [0, 0.05) is 11.3 Å². The highest BCUT2D eigenvalue weighted by molar-refractivity contribution is 5.71. The molecule has 2 aromatic rings. The molecule has 0 amide bonds. The Kier molecular flexibility index (Phi) is 3.85. The third kappa shape index (κ3) is 2.76. The minimum absolute atomic E-state index is 0.0917. The molecule has 0 spiro atoms. The van der Waals surface area contributed by atoms with Crippen LogP contribution in [0, 0.1) is 6.92 Å². The number of aromatic nitrogens is 2. The lowest BCUT2D eigenvalue weighted by Crippen LogP contribution is -1.98. The molecule has 0 saturated heterocycles. The normalized spacial score (nSPS) is 10.4. The van der Waals surface area contributed by atoms with Crippen LogP contribution in [0.2, 0.25) is 0 Å². The summed E-state index contributed by atoms with van der Waals surface area (Å²) in [7, 11) is 1.62. The Morgan fingerprint density at radius 2 is 2.16 bits per heavy atom. The van der Waals surface area contributed by atoms with Crippen LogP contribution < -0.4 is 4.74 Å². The lowest BCUT2D eigenvalue weighted by atomic mass is 10.0. The number of aryl methyl sites for hydroxylation is 1. The van der Waals surface area contributed by atoms with Gasteiger partial charge in [0.25, 0.3) is 0 Å². The molecule has 0 aliphatic heterocycles. The molecule has 0 radical (unpaired) electrons. The maximum atomic E-state index is 10.6. The average Bonchev–Trinajstić information content (AvgIpc) is 2.77. The molecular formula is C14H16N2O3. The monoisotopic (exact) mass is 260 g/mol. The van der Waals surface area contributed by atoms with Crippen molar-refractivity contribution < 1.29 is 14.6 Å². The van der Waals surface area contributed by atoms with E-state index in [4.69, 9.17) is 9.84 Å². The van der Waals surface area contributed by atoms with Gasteiger partial charge in [0.15, 0.2) is 0 Å². The van der Waals surface area contributed by atoms with Crippen LogP contribution in [0.3, 0.4) is 0 Å². The SMILES string of the molecule is COc1ccccc1-c1n[nH]c(CCC(=O)O)c1C. The maximum Gasteiger partial charge on any atom is 0.303 e. The largest absolute Gasteiger partial charge is 0.496 e. The Balaban J connectivity index is 2.33. The molecule has 5 nitrogen and oxygen atoms in total. The smallest absolute Gasteiger partial charge is 0.303 e. The number of carboxylic acid groups (broad SMARTS) is 1. The van der Waals surface area contributed by atoms with E-state index in [9.17, 15) is 4.79 Å². The van der Waals surface area contributed by atoms with Crippen LogP contribution in [0.15, 0.2) is 24.3 Å². The Labute approximate surface area is 111 Å². The van der Waals surface area contributed by atoms with Gasteiger partial charge in [-0.2, -0.15) is 5.10 Å². The van der Waals surface area contributed by atoms with Crippen molar-refractivity contribution in [3.63, 3.8) is 0 Å². The third-order valence-electron chi connectivity index (χ3n) is 3.06. The van der Waals surface area contributed by atoms with Gasteiger partial charge in [-0.3, -0.25) is 9.89 Å². The number of benzene rings is 1. The van der Waals surface area contributed by atoms with Crippen molar-refractivity contribution in [1.82, 2.24) is 10.2 Å². The summed E-state index contributed by atoms with van der Waals surface area (Å²) in [5, 5.41) is 15.9. The van der Waals surface area contributed by atoms with Crippen molar-refractivity contribution in [3.05, 3.63) is 35.5 Å². The van der Waals surface area contributed by atoms with E-state index in [1.807, 2.05) is 31.2 Å². The van der Waals surface area contributed by atoms with E-state index < -0.39 is 5.97 Å². The van der Waals surface area contributed by atoms with Crippen molar-refractivity contribution >= 4 is 5.97 Å². The highest BCUT2D eigenvalue weighted by atomic mass is 16.5. The van der Waals surface area contributed by atoms with Gasteiger partial charge in [0.2, 0.25) is 0 Å². The van der Waals surface area contributed by atoms with E-state index in [0.29, 0.717) is 6.42 Å². The molecule has 0 aliphatic carbocycles. The highest BCUT2D eigenvalue weighted by Gasteiger charge is 2.14. The first-order chi connectivity index (χ1) is 9.13. The van der Waals surface area contributed by atoms with E-state index in [1.54, 1.807) is 7.11 Å². The quantitative estimate of drug-likeness (QED) is 0.865. The van der Waals surface area contributed by atoms with Crippen LogP contribution in [0.4, 0.5) is 0 Å². The van der Waals surface area contributed by atoms with Gasteiger partial charge >= 0.3 is 5.97 Å². The van der Waals surface area contributed by atoms with Gasteiger partial charge in [0.1, 0.15) is 5.75 Å². The van der Waals surface area contributed by atoms with E-state index in [2.05, 4.69) is 10.2 Å². The number of H-pyrrole nitrogens is 1. The summed E-state index contributed by atoms with van der Waals surface area (Å²) < 4.78 is 5.31. The number of nitrogens with zero attached hydrogens (tertiary/aromatic N) is 1. The fraction of sp³-hybridized carbons (Fsp3) is 0.286. The number of methoxy groups -OCH3 is 1. The average molecular weight is 260 g/mol. The number of hydrogen-bond donors (Lipinski definition) is 2. The number of aromatic amines is 1. The molecule has 1 aromatic carbocycles. The minimum atomic E-state index is -0.812. The molecular weight excluding hydrogens is 244 g/mol. The van der Waals surface area contributed by atoms with Crippen LogP contribution in [-0.2, 0) is 11.2 Å². The molecule has 0 atom stereocenters. The standard InChI is InChI=1S/C14H16N2O3/c1-9-11(7-8-13(17)18)15-16-14(9)10-5-3-4-6-12(10)19-2/h3-6H,7-8H2,1-2H3,(H,15,16)(H,17,18). The number of para-hydroxylation sites is 1. The lowest BCUT2D eigenvalue weighted by Gasteiger charge is -2.06. The number of aliphatic carboxylic acids is 1. The fourth-order valence-electron chi connectivity index (χ4n) is 2.01. The summed E-state index contributed by atoms with van der Waals surface area (Å²) in [6.07, 6.45) is 0.539. The Bertz CT molecular complexity index is 590. The zero-order valence-electron chi connectivity index (χ0n) is 10.9. The molecule has 19 heavy (non-hydrogen) atoms. The summed E-state index contributed by atoms with van der Waals surface area (Å²) in [6, 6.07) is 7.63. The first kappa shape index (κ1) is 13.1. The molecule has 1 heterocycles. The van der Waals surface area contributed by atoms with Gasteiger partial charge in [-0.25, -0.2) is 0 Å². The molecule has 0 unspecified atom stereocenters. The van der Waals surface area contributed by atoms with E-state index in [-0.39, 0.29) is 6.42 Å². The van der Waals surface area contributed by atoms with Gasteiger partial charge in [0.05, 0.1) is 19.2 Å². The number of hydrogen-bond acceptors (Lipinski definition) is 3. The molecule has 5 heteroatoms. The maximum absolute atomic E-state index is 10.6. The van der Waals surface area contributed by atoms with E-state index in [0.717, 1.165) is 28.3 Å². The van der Waals surface area contributed by atoms with Crippen LogP contribution in [0.1, 0.15) is 17.7 Å². The summed E-state index contributed by atoms with van der Waals surface area (Å²) in [5.41, 5.74) is 3.52. The van der Waals surface area contributed by atoms with Crippen molar-refractivity contribution in [2.24, 2.45) is 0 Å². The Hall–Kier alpha value is -2.30. The van der Waals surface area contributed by atoms with Crippen LogP contribution in [0.5, 0.6) is 5.75 Å². The van der Waals surface area contributed by atoms with Gasteiger partial charge < -0.3 is 9.84 Å². The van der Waals surface area contributed by atoms with E-state index in [1.165, 1.54) is 0 Å².